The van der Waals surface area contributed by atoms with E-state index >= 15 is 0 Å². The van der Waals surface area contributed by atoms with Gasteiger partial charge >= 0.3 is 0 Å². The first-order chi connectivity index (χ1) is 12.2. The van der Waals surface area contributed by atoms with E-state index in [0.717, 1.165) is 30.5 Å². The van der Waals surface area contributed by atoms with Crippen molar-refractivity contribution in [3.63, 3.8) is 0 Å². The molecule has 0 fully saturated rings. The molecule has 5 nitrogen and oxygen atoms in total. The first-order valence-corrected chi connectivity index (χ1v) is 9.69. The maximum atomic E-state index is 13.5. The fourth-order valence-electron chi connectivity index (χ4n) is 2.51. The summed E-state index contributed by atoms with van der Waals surface area (Å²) < 4.78 is 49.1. The molecule has 0 saturated carbocycles. The van der Waals surface area contributed by atoms with Crippen LogP contribution in [0.25, 0.3) is 0 Å². The maximum absolute atomic E-state index is 13.5. The zero-order valence-electron chi connectivity index (χ0n) is 14.3. The van der Waals surface area contributed by atoms with Crippen molar-refractivity contribution in [3.05, 3.63) is 65.2 Å². The van der Waals surface area contributed by atoms with E-state index in [1.165, 1.54) is 18.2 Å². The van der Waals surface area contributed by atoms with E-state index in [9.17, 15) is 22.3 Å². The number of benzene rings is 2. The van der Waals surface area contributed by atoms with Gasteiger partial charge < -0.3 is 10.4 Å². The number of aryl methyl sites for hydroxylation is 1. The van der Waals surface area contributed by atoms with Crippen LogP contribution in [-0.2, 0) is 16.4 Å². The van der Waals surface area contributed by atoms with Gasteiger partial charge in [-0.2, -0.15) is 0 Å². The summed E-state index contributed by atoms with van der Waals surface area (Å²) in [5, 5.41) is 18.3. The Labute approximate surface area is 151 Å². The Morgan fingerprint density at radius 1 is 1.15 bits per heavy atom. The molecule has 0 bridgehead atoms. The van der Waals surface area contributed by atoms with Crippen molar-refractivity contribution >= 4 is 10.0 Å². The summed E-state index contributed by atoms with van der Waals surface area (Å²) >= 11 is 0. The Balaban J connectivity index is 1.89. The van der Waals surface area contributed by atoms with Crippen molar-refractivity contribution in [2.75, 3.05) is 6.54 Å². The Morgan fingerprint density at radius 3 is 2.42 bits per heavy atom. The number of nitrogens with two attached hydrogens (primary N) is 1. The highest BCUT2D eigenvalue weighted by atomic mass is 32.2. The van der Waals surface area contributed by atoms with Gasteiger partial charge in [0.25, 0.3) is 0 Å². The molecular weight excluding hydrogens is 362 g/mol. The molecular formula is C18H22F2N2O3S. The summed E-state index contributed by atoms with van der Waals surface area (Å²) in [5.74, 6) is -1.23. The van der Waals surface area contributed by atoms with Gasteiger partial charge in [0, 0.05) is 12.6 Å². The molecule has 2 rings (SSSR count). The summed E-state index contributed by atoms with van der Waals surface area (Å²) in [7, 11) is -4.20. The molecule has 0 aliphatic heterocycles. The van der Waals surface area contributed by atoms with Crippen molar-refractivity contribution in [1.29, 1.82) is 0 Å². The van der Waals surface area contributed by atoms with E-state index < -0.39 is 26.8 Å². The number of aliphatic hydroxyl groups is 1. The van der Waals surface area contributed by atoms with Crippen molar-refractivity contribution in [1.82, 2.24) is 5.32 Å². The van der Waals surface area contributed by atoms with Gasteiger partial charge in [-0.3, -0.25) is 0 Å². The lowest BCUT2D eigenvalue weighted by molar-refractivity contribution is 0.169. The summed E-state index contributed by atoms with van der Waals surface area (Å²) in [4.78, 5) is -0.640. The molecule has 0 spiro atoms. The van der Waals surface area contributed by atoms with Crippen LogP contribution in [0.5, 0.6) is 0 Å². The van der Waals surface area contributed by atoms with Gasteiger partial charge in [0.1, 0.15) is 16.5 Å². The molecule has 2 aromatic carbocycles. The average Bonchev–Trinajstić information content (AvgIpc) is 2.58. The van der Waals surface area contributed by atoms with Crippen LogP contribution in [0.2, 0.25) is 0 Å². The highest BCUT2D eigenvalue weighted by Crippen LogP contribution is 2.20. The predicted molar refractivity (Wildman–Crippen MR) is 94.9 cm³/mol. The highest BCUT2D eigenvalue weighted by molar-refractivity contribution is 7.89. The molecule has 142 valence electrons. The molecule has 2 aromatic rings. The van der Waals surface area contributed by atoms with Crippen LogP contribution >= 0.6 is 0 Å². The normalized spacial score (nSPS) is 14.2. The molecule has 0 aromatic heterocycles. The molecule has 0 radical (unpaired) electrons. The highest BCUT2D eigenvalue weighted by Gasteiger charge is 2.18. The van der Waals surface area contributed by atoms with Gasteiger partial charge in [-0.1, -0.05) is 18.2 Å². The SMILES string of the molecule is CC(CCc1ccc(F)cc1)NCC(O)c1ccc(F)c(S(N)(=O)=O)c1. The minimum absolute atomic E-state index is 0.0628. The summed E-state index contributed by atoms with van der Waals surface area (Å²) in [6, 6.07) is 9.67. The van der Waals surface area contributed by atoms with Crippen LogP contribution in [0.4, 0.5) is 8.78 Å². The molecule has 2 atom stereocenters. The van der Waals surface area contributed by atoms with E-state index in [1.54, 1.807) is 12.1 Å². The van der Waals surface area contributed by atoms with E-state index in [4.69, 9.17) is 5.14 Å². The van der Waals surface area contributed by atoms with Crippen molar-refractivity contribution in [3.8, 4) is 0 Å². The maximum Gasteiger partial charge on any atom is 0.240 e. The number of rotatable bonds is 8. The van der Waals surface area contributed by atoms with E-state index in [0.29, 0.717) is 0 Å². The number of primary sulfonamides is 1. The lowest BCUT2D eigenvalue weighted by Crippen LogP contribution is -2.31. The second-order valence-electron chi connectivity index (χ2n) is 6.23. The Morgan fingerprint density at radius 2 is 1.81 bits per heavy atom. The molecule has 4 N–H and O–H groups in total. The summed E-state index contributed by atoms with van der Waals surface area (Å²) in [6.45, 7) is 2.11. The number of hydrogen-bond acceptors (Lipinski definition) is 4. The van der Waals surface area contributed by atoms with E-state index in [2.05, 4.69) is 5.32 Å². The molecule has 0 saturated heterocycles. The Bertz CT molecular complexity index is 842. The number of nitrogens with one attached hydrogen (secondary N) is 1. The standard InChI is InChI=1S/C18H22F2N2O3S/c1-12(2-3-13-4-7-15(19)8-5-13)22-11-17(23)14-6-9-16(20)18(10-14)26(21,24)25/h4-10,12,17,22-23H,2-3,11H2,1H3,(H2,21,24,25). The smallest absolute Gasteiger partial charge is 0.240 e. The number of hydrogen-bond donors (Lipinski definition) is 3. The predicted octanol–water partition coefficient (Wildman–Crippen LogP) is 2.26. The average molecular weight is 384 g/mol. The van der Waals surface area contributed by atoms with Gasteiger partial charge in [0.05, 0.1) is 6.10 Å². The number of halogens is 2. The van der Waals surface area contributed by atoms with Gasteiger partial charge in [-0.15, -0.1) is 0 Å². The van der Waals surface area contributed by atoms with Crippen LogP contribution in [0.1, 0.15) is 30.6 Å². The third-order valence-corrected chi connectivity index (χ3v) is 5.01. The number of aliphatic hydroxyl groups excluding tert-OH is 1. The zero-order chi connectivity index (χ0) is 19.3. The first kappa shape index (κ1) is 20.4. The molecule has 0 heterocycles. The third kappa shape index (κ3) is 5.84. The lowest BCUT2D eigenvalue weighted by atomic mass is 10.1. The van der Waals surface area contributed by atoms with Crippen LogP contribution in [0.3, 0.4) is 0 Å². The van der Waals surface area contributed by atoms with Crippen molar-refractivity contribution < 1.29 is 22.3 Å². The van der Waals surface area contributed by atoms with Gasteiger partial charge in [-0.25, -0.2) is 22.3 Å². The molecule has 0 amide bonds. The minimum Gasteiger partial charge on any atom is -0.387 e. The molecule has 0 aliphatic carbocycles. The van der Waals surface area contributed by atoms with Gasteiger partial charge in [0.2, 0.25) is 10.0 Å². The molecule has 8 heteroatoms. The molecule has 2 unspecified atom stereocenters. The van der Waals surface area contributed by atoms with E-state index in [-0.39, 0.29) is 24.0 Å². The van der Waals surface area contributed by atoms with Crippen LogP contribution in [0.15, 0.2) is 47.4 Å². The van der Waals surface area contributed by atoms with Crippen molar-refractivity contribution in [2.24, 2.45) is 5.14 Å². The fourth-order valence-corrected chi connectivity index (χ4v) is 3.15. The topological polar surface area (TPSA) is 92.4 Å². The van der Waals surface area contributed by atoms with Crippen LogP contribution in [0, 0.1) is 11.6 Å². The lowest BCUT2D eigenvalue weighted by Gasteiger charge is -2.18. The minimum atomic E-state index is -4.20. The Hall–Kier alpha value is -1.87. The Kier molecular flexibility index (Phi) is 6.82. The van der Waals surface area contributed by atoms with Crippen LogP contribution < -0.4 is 10.5 Å². The monoisotopic (exact) mass is 384 g/mol. The third-order valence-electron chi connectivity index (χ3n) is 4.09. The fraction of sp³-hybridized carbons (Fsp3) is 0.333. The molecule has 0 aliphatic rings. The zero-order valence-corrected chi connectivity index (χ0v) is 15.1. The molecule has 26 heavy (non-hydrogen) atoms. The van der Waals surface area contributed by atoms with Crippen LogP contribution in [-0.4, -0.2) is 26.1 Å². The number of sulfonamides is 1. The second-order valence-corrected chi connectivity index (χ2v) is 7.75. The van der Waals surface area contributed by atoms with E-state index in [1.807, 2.05) is 6.92 Å². The quantitative estimate of drug-likeness (QED) is 0.651. The van der Waals surface area contributed by atoms with Crippen molar-refractivity contribution in [2.45, 2.75) is 36.8 Å². The largest absolute Gasteiger partial charge is 0.387 e. The summed E-state index contributed by atoms with van der Waals surface area (Å²) in [6.07, 6.45) is 0.505. The van der Waals surface area contributed by atoms with Gasteiger partial charge in [0.15, 0.2) is 0 Å². The summed E-state index contributed by atoms with van der Waals surface area (Å²) in [5.41, 5.74) is 1.27. The second kappa shape index (κ2) is 8.68. The first-order valence-electron chi connectivity index (χ1n) is 8.15. The van der Waals surface area contributed by atoms with Gasteiger partial charge in [-0.05, 0) is 55.2 Å².